The van der Waals surface area contributed by atoms with Gasteiger partial charge in [-0.3, -0.25) is 0 Å². The molecule has 20 heavy (non-hydrogen) atoms. The standard InChI is InChI=1S/C16H15BrFNO/c1-10(13-8-11(17)6-7-14(13)18)19-15-9-20-16-5-3-2-4-12(15)16/h2-8,10,15,19H,9H2,1H3. The first kappa shape index (κ1) is 13.6. The van der Waals surface area contributed by atoms with Crippen molar-refractivity contribution in [3.8, 4) is 5.75 Å². The van der Waals surface area contributed by atoms with Crippen molar-refractivity contribution in [3.05, 3.63) is 63.9 Å². The van der Waals surface area contributed by atoms with E-state index in [4.69, 9.17) is 4.74 Å². The van der Waals surface area contributed by atoms with Crippen LogP contribution in [0.1, 0.15) is 30.1 Å². The van der Waals surface area contributed by atoms with E-state index in [2.05, 4.69) is 21.2 Å². The largest absolute Gasteiger partial charge is 0.491 e. The first-order valence-electron chi connectivity index (χ1n) is 6.58. The molecule has 0 spiro atoms. The highest BCUT2D eigenvalue weighted by atomic mass is 79.9. The Labute approximate surface area is 126 Å². The lowest BCUT2D eigenvalue weighted by Gasteiger charge is -2.20. The molecule has 0 fully saturated rings. The van der Waals surface area contributed by atoms with Gasteiger partial charge in [0.1, 0.15) is 18.2 Å². The van der Waals surface area contributed by atoms with Gasteiger partial charge >= 0.3 is 0 Å². The monoisotopic (exact) mass is 335 g/mol. The summed E-state index contributed by atoms with van der Waals surface area (Å²) in [6, 6.07) is 13.0. The molecule has 104 valence electrons. The molecule has 1 aliphatic rings. The lowest BCUT2D eigenvalue weighted by atomic mass is 10.0. The van der Waals surface area contributed by atoms with Gasteiger partial charge < -0.3 is 10.1 Å². The summed E-state index contributed by atoms with van der Waals surface area (Å²) in [7, 11) is 0. The summed E-state index contributed by atoms with van der Waals surface area (Å²) in [6.07, 6.45) is 0. The molecular weight excluding hydrogens is 321 g/mol. The van der Waals surface area contributed by atoms with Crippen LogP contribution in [0, 0.1) is 5.82 Å². The molecule has 1 N–H and O–H groups in total. The number of halogens is 2. The molecule has 1 heterocycles. The van der Waals surface area contributed by atoms with Crippen LogP contribution in [0.25, 0.3) is 0 Å². The Hall–Kier alpha value is -1.39. The second kappa shape index (κ2) is 5.54. The zero-order chi connectivity index (χ0) is 14.1. The fraction of sp³-hybridized carbons (Fsp3) is 0.250. The third-order valence-electron chi connectivity index (χ3n) is 3.58. The first-order valence-corrected chi connectivity index (χ1v) is 7.37. The molecule has 2 atom stereocenters. The van der Waals surface area contributed by atoms with Crippen molar-refractivity contribution in [3.63, 3.8) is 0 Å². The summed E-state index contributed by atoms with van der Waals surface area (Å²) in [4.78, 5) is 0. The number of hydrogen-bond donors (Lipinski definition) is 1. The Balaban J connectivity index is 1.80. The van der Waals surface area contributed by atoms with Gasteiger partial charge in [0.05, 0.1) is 6.04 Å². The Kier molecular flexibility index (Phi) is 3.76. The molecule has 0 radical (unpaired) electrons. The minimum Gasteiger partial charge on any atom is -0.491 e. The van der Waals surface area contributed by atoms with Crippen molar-refractivity contribution in [1.82, 2.24) is 5.32 Å². The van der Waals surface area contributed by atoms with Gasteiger partial charge in [-0.1, -0.05) is 34.1 Å². The Morgan fingerprint density at radius 3 is 2.95 bits per heavy atom. The average molecular weight is 336 g/mol. The highest BCUT2D eigenvalue weighted by molar-refractivity contribution is 9.10. The molecule has 2 nitrogen and oxygen atoms in total. The van der Waals surface area contributed by atoms with E-state index in [0.717, 1.165) is 15.8 Å². The van der Waals surface area contributed by atoms with Gasteiger partial charge in [-0.15, -0.1) is 0 Å². The molecular formula is C16H15BrFNO. The maximum absolute atomic E-state index is 13.9. The Bertz CT molecular complexity index is 632. The van der Waals surface area contributed by atoms with Gasteiger partial charge in [-0.25, -0.2) is 4.39 Å². The molecule has 0 saturated heterocycles. The first-order chi connectivity index (χ1) is 9.65. The number of benzene rings is 2. The molecule has 2 unspecified atom stereocenters. The Morgan fingerprint density at radius 2 is 2.10 bits per heavy atom. The van der Waals surface area contributed by atoms with Gasteiger partial charge in [-0.2, -0.15) is 0 Å². The van der Waals surface area contributed by atoms with Crippen molar-refractivity contribution in [2.24, 2.45) is 0 Å². The zero-order valence-electron chi connectivity index (χ0n) is 11.1. The van der Waals surface area contributed by atoms with Crippen LogP contribution in [0.2, 0.25) is 0 Å². The third kappa shape index (κ3) is 2.58. The number of fused-ring (bicyclic) bond motifs is 1. The van der Waals surface area contributed by atoms with E-state index in [0.29, 0.717) is 12.2 Å². The maximum atomic E-state index is 13.9. The summed E-state index contributed by atoms with van der Waals surface area (Å²) in [5.74, 6) is 0.715. The summed E-state index contributed by atoms with van der Waals surface area (Å²) < 4.78 is 20.4. The van der Waals surface area contributed by atoms with Crippen LogP contribution < -0.4 is 10.1 Å². The number of hydrogen-bond acceptors (Lipinski definition) is 2. The fourth-order valence-electron chi connectivity index (χ4n) is 2.54. The lowest BCUT2D eigenvalue weighted by Crippen LogP contribution is -2.26. The van der Waals surface area contributed by atoms with Crippen LogP contribution in [0.15, 0.2) is 46.9 Å². The van der Waals surface area contributed by atoms with Crippen LogP contribution in [0.5, 0.6) is 5.75 Å². The summed E-state index contributed by atoms with van der Waals surface area (Å²) >= 11 is 3.38. The van der Waals surface area contributed by atoms with Crippen molar-refractivity contribution in [2.45, 2.75) is 19.0 Å². The topological polar surface area (TPSA) is 21.3 Å². The van der Waals surface area contributed by atoms with Crippen LogP contribution in [0.3, 0.4) is 0 Å². The number of ether oxygens (including phenoxy) is 1. The second-order valence-corrected chi connectivity index (χ2v) is 5.87. The minimum absolute atomic E-state index is 0.0905. The molecule has 1 aliphatic heterocycles. The molecule has 2 aromatic carbocycles. The number of nitrogens with one attached hydrogen (secondary N) is 1. The maximum Gasteiger partial charge on any atom is 0.128 e. The van der Waals surface area contributed by atoms with Gasteiger partial charge in [-0.05, 0) is 31.2 Å². The average Bonchev–Trinajstić information content (AvgIpc) is 2.85. The number of rotatable bonds is 3. The highest BCUT2D eigenvalue weighted by Crippen LogP contribution is 2.33. The minimum atomic E-state index is -0.194. The van der Waals surface area contributed by atoms with Crippen LogP contribution in [-0.2, 0) is 0 Å². The molecule has 4 heteroatoms. The van der Waals surface area contributed by atoms with Crippen LogP contribution in [-0.4, -0.2) is 6.61 Å². The number of para-hydroxylation sites is 1. The second-order valence-electron chi connectivity index (χ2n) is 4.96. The van der Waals surface area contributed by atoms with Crippen molar-refractivity contribution in [1.29, 1.82) is 0 Å². The van der Waals surface area contributed by atoms with Crippen molar-refractivity contribution in [2.75, 3.05) is 6.61 Å². The molecule has 0 saturated carbocycles. The van der Waals surface area contributed by atoms with Gasteiger partial charge in [0.25, 0.3) is 0 Å². The van der Waals surface area contributed by atoms with E-state index < -0.39 is 0 Å². The summed E-state index contributed by atoms with van der Waals surface area (Å²) in [6.45, 7) is 2.55. The molecule has 3 rings (SSSR count). The van der Waals surface area contributed by atoms with E-state index in [1.54, 1.807) is 6.07 Å². The fourth-order valence-corrected chi connectivity index (χ4v) is 2.92. The van der Waals surface area contributed by atoms with E-state index >= 15 is 0 Å². The quantitative estimate of drug-likeness (QED) is 0.899. The predicted molar refractivity (Wildman–Crippen MR) is 80.3 cm³/mol. The molecule has 0 aliphatic carbocycles. The molecule has 2 aromatic rings. The van der Waals surface area contributed by atoms with Crippen LogP contribution in [0.4, 0.5) is 4.39 Å². The van der Waals surface area contributed by atoms with Crippen molar-refractivity contribution < 1.29 is 9.13 Å². The SMILES string of the molecule is CC(NC1COc2ccccc21)c1cc(Br)ccc1F. The van der Waals surface area contributed by atoms with Gasteiger partial charge in [0.15, 0.2) is 0 Å². The Morgan fingerprint density at radius 1 is 1.30 bits per heavy atom. The zero-order valence-corrected chi connectivity index (χ0v) is 12.7. The van der Waals surface area contributed by atoms with E-state index in [9.17, 15) is 4.39 Å². The smallest absolute Gasteiger partial charge is 0.128 e. The molecule has 0 aromatic heterocycles. The van der Waals surface area contributed by atoms with E-state index in [-0.39, 0.29) is 17.9 Å². The van der Waals surface area contributed by atoms with Crippen LogP contribution >= 0.6 is 15.9 Å². The third-order valence-corrected chi connectivity index (χ3v) is 4.07. The summed E-state index contributed by atoms with van der Waals surface area (Å²) in [5, 5.41) is 3.43. The summed E-state index contributed by atoms with van der Waals surface area (Å²) in [5.41, 5.74) is 1.79. The lowest BCUT2D eigenvalue weighted by molar-refractivity contribution is 0.299. The van der Waals surface area contributed by atoms with E-state index in [1.165, 1.54) is 6.07 Å². The predicted octanol–water partition coefficient (Wildman–Crippen LogP) is 4.37. The highest BCUT2D eigenvalue weighted by Gasteiger charge is 2.25. The normalized spacial score (nSPS) is 18.4. The van der Waals surface area contributed by atoms with Gasteiger partial charge in [0.2, 0.25) is 0 Å². The van der Waals surface area contributed by atoms with Gasteiger partial charge in [0, 0.05) is 21.6 Å². The van der Waals surface area contributed by atoms with E-state index in [1.807, 2.05) is 37.3 Å². The molecule has 0 amide bonds. The molecule has 0 bridgehead atoms. The van der Waals surface area contributed by atoms with Crippen molar-refractivity contribution >= 4 is 15.9 Å².